The van der Waals surface area contributed by atoms with Crippen molar-refractivity contribution >= 4 is 29.3 Å². The van der Waals surface area contributed by atoms with Crippen LogP contribution < -0.4 is 10.5 Å². The van der Waals surface area contributed by atoms with E-state index in [2.05, 4.69) is 4.90 Å². The van der Waals surface area contributed by atoms with Crippen LogP contribution in [0.2, 0.25) is 5.02 Å². The summed E-state index contributed by atoms with van der Waals surface area (Å²) >= 11 is 7.79. The molecule has 0 bridgehead atoms. The molecule has 1 amide bonds. The summed E-state index contributed by atoms with van der Waals surface area (Å²) in [6.45, 7) is 4.59. The third-order valence-corrected chi connectivity index (χ3v) is 5.09. The number of carbonyl (C=O) groups is 1. The highest BCUT2D eigenvalue weighted by molar-refractivity contribution is 7.98. The van der Waals surface area contributed by atoms with E-state index in [1.165, 1.54) is 0 Å². The maximum Gasteiger partial charge on any atom is 0.239 e. The SMILES string of the molecule is CSCC[C@H](N)C(=O)N1CCN(CCOc2ccccc2Cl)CC1. The van der Waals surface area contributed by atoms with Gasteiger partial charge in [0.1, 0.15) is 12.4 Å². The van der Waals surface area contributed by atoms with Crippen molar-refractivity contribution in [3.05, 3.63) is 29.3 Å². The monoisotopic (exact) mass is 371 g/mol. The highest BCUT2D eigenvalue weighted by Gasteiger charge is 2.24. The number of rotatable bonds is 8. The molecule has 1 heterocycles. The van der Waals surface area contributed by atoms with Gasteiger partial charge < -0.3 is 15.4 Å². The van der Waals surface area contributed by atoms with Gasteiger partial charge in [0.05, 0.1) is 11.1 Å². The molecular formula is C17H26ClN3O2S. The smallest absolute Gasteiger partial charge is 0.239 e. The largest absolute Gasteiger partial charge is 0.491 e. The fourth-order valence-corrected chi connectivity index (χ4v) is 3.32. The quantitative estimate of drug-likeness (QED) is 0.756. The van der Waals surface area contributed by atoms with Crippen LogP contribution in [-0.2, 0) is 4.79 Å². The van der Waals surface area contributed by atoms with E-state index in [9.17, 15) is 4.79 Å². The molecule has 0 spiro atoms. The van der Waals surface area contributed by atoms with Crippen LogP contribution in [-0.4, -0.2) is 73.1 Å². The molecule has 24 heavy (non-hydrogen) atoms. The fraction of sp³-hybridized carbons (Fsp3) is 0.588. The molecule has 0 radical (unpaired) electrons. The van der Waals surface area contributed by atoms with Gasteiger partial charge in [-0.25, -0.2) is 0 Å². The first kappa shape index (κ1) is 19.4. The average molecular weight is 372 g/mol. The Kier molecular flexibility index (Phi) is 8.18. The molecule has 0 unspecified atom stereocenters. The minimum absolute atomic E-state index is 0.0796. The Balaban J connectivity index is 1.67. The Labute approximate surface area is 153 Å². The molecule has 0 aromatic heterocycles. The van der Waals surface area contributed by atoms with Gasteiger partial charge in [0.25, 0.3) is 0 Å². The van der Waals surface area contributed by atoms with Crippen LogP contribution >= 0.6 is 23.4 Å². The van der Waals surface area contributed by atoms with Crippen LogP contribution in [0.3, 0.4) is 0 Å². The molecule has 7 heteroatoms. The van der Waals surface area contributed by atoms with Crippen LogP contribution in [0, 0.1) is 0 Å². The van der Waals surface area contributed by atoms with E-state index in [0.717, 1.165) is 44.9 Å². The number of ether oxygens (including phenoxy) is 1. The number of para-hydroxylation sites is 1. The fourth-order valence-electron chi connectivity index (χ4n) is 2.64. The normalized spacial score (nSPS) is 16.9. The lowest BCUT2D eigenvalue weighted by molar-refractivity contribution is -0.134. The maximum absolute atomic E-state index is 12.3. The molecule has 1 fully saturated rings. The standard InChI is InChI=1S/C17H26ClN3O2S/c1-24-13-6-15(19)17(22)21-9-7-20(8-10-21)11-12-23-16-5-3-2-4-14(16)18/h2-5,15H,6-13,19H2,1H3/t15-/m0/s1. The molecule has 2 N–H and O–H groups in total. The van der Waals surface area contributed by atoms with E-state index >= 15 is 0 Å². The number of thioether (sulfide) groups is 1. The molecule has 5 nitrogen and oxygen atoms in total. The molecule has 1 aromatic rings. The lowest BCUT2D eigenvalue weighted by Crippen LogP contribution is -2.53. The zero-order valence-electron chi connectivity index (χ0n) is 14.1. The Hall–Kier alpha value is -0.950. The maximum atomic E-state index is 12.3. The van der Waals surface area contributed by atoms with E-state index in [4.69, 9.17) is 22.1 Å². The number of piperazine rings is 1. The molecule has 1 aliphatic rings. The van der Waals surface area contributed by atoms with Gasteiger partial charge in [-0.05, 0) is 30.6 Å². The summed E-state index contributed by atoms with van der Waals surface area (Å²) in [5.74, 6) is 1.72. The lowest BCUT2D eigenvalue weighted by atomic mass is 10.2. The van der Waals surface area contributed by atoms with Gasteiger partial charge in [-0.2, -0.15) is 11.8 Å². The second kappa shape index (κ2) is 10.1. The Morgan fingerprint density at radius 3 is 2.71 bits per heavy atom. The molecular weight excluding hydrogens is 346 g/mol. The van der Waals surface area contributed by atoms with Crippen LogP contribution in [0.15, 0.2) is 24.3 Å². The number of amides is 1. The van der Waals surface area contributed by atoms with Gasteiger partial charge in [-0.1, -0.05) is 23.7 Å². The molecule has 1 aromatic carbocycles. The summed E-state index contributed by atoms with van der Waals surface area (Å²) < 4.78 is 5.72. The molecule has 1 saturated heterocycles. The van der Waals surface area contributed by atoms with Crippen LogP contribution in [0.5, 0.6) is 5.75 Å². The Bertz CT molecular complexity index is 524. The van der Waals surface area contributed by atoms with Crippen molar-refractivity contribution < 1.29 is 9.53 Å². The molecule has 1 aliphatic heterocycles. The minimum atomic E-state index is -0.368. The highest BCUT2D eigenvalue weighted by Crippen LogP contribution is 2.22. The molecule has 0 saturated carbocycles. The van der Waals surface area contributed by atoms with E-state index in [-0.39, 0.29) is 11.9 Å². The van der Waals surface area contributed by atoms with Gasteiger partial charge >= 0.3 is 0 Å². The van der Waals surface area contributed by atoms with Crippen molar-refractivity contribution in [1.82, 2.24) is 9.80 Å². The topological polar surface area (TPSA) is 58.8 Å². The van der Waals surface area contributed by atoms with Crippen molar-refractivity contribution in [2.45, 2.75) is 12.5 Å². The number of benzene rings is 1. The summed E-state index contributed by atoms with van der Waals surface area (Å²) in [5, 5.41) is 0.632. The van der Waals surface area contributed by atoms with Gasteiger partial charge in [0.15, 0.2) is 0 Å². The third kappa shape index (κ3) is 5.84. The van der Waals surface area contributed by atoms with Crippen molar-refractivity contribution in [2.75, 3.05) is 51.3 Å². The summed E-state index contributed by atoms with van der Waals surface area (Å²) in [7, 11) is 0. The summed E-state index contributed by atoms with van der Waals surface area (Å²) in [4.78, 5) is 16.5. The Morgan fingerprint density at radius 1 is 1.33 bits per heavy atom. The molecule has 0 aliphatic carbocycles. The molecule has 1 atom stereocenters. The molecule has 134 valence electrons. The number of nitrogens with two attached hydrogens (primary N) is 1. The van der Waals surface area contributed by atoms with Crippen LogP contribution in [0.4, 0.5) is 0 Å². The number of halogens is 1. The second-order valence-electron chi connectivity index (χ2n) is 5.83. The summed E-state index contributed by atoms with van der Waals surface area (Å²) in [5.41, 5.74) is 5.98. The van der Waals surface area contributed by atoms with E-state index in [1.54, 1.807) is 11.8 Å². The first-order valence-electron chi connectivity index (χ1n) is 8.25. The van der Waals surface area contributed by atoms with E-state index in [0.29, 0.717) is 17.4 Å². The number of carbonyl (C=O) groups excluding carboxylic acids is 1. The zero-order chi connectivity index (χ0) is 17.4. The van der Waals surface area contributed by atoms with Crippen molar-refractivity contribution in [1.29, 1.82) is 0 Å². The van der Waals surface area contributed by atoms with Crippen molar-refractivity contribution in [3.8, 4) is 5.75 Å². The average Bonchev–Trinajstić information content (AvgIpc) is 2.61. The van der Waals surface area contributed by atoms with E-state index < -0.39 is 0 Å². The zero-order valence-corrected chi connectivity index (χ0v) is 15.7. The predicted molar refractivity (Wildman–Crippen MR) is 101 cm³/mol. The number of nitrogens with zero attached hydrogens (tertiary/aromatic N) is 2. The number of hydrogen-bond acceptors (Lipinski definition) is 5. The minimum Gasteiger partial charge on any atom is -0.491 e. The van der Waals surface area contributed by atoms with Crippen LogP contribution in [0.1, 0.15) is 6.42 Å². The predicted octanol–water partition coefficient (Wildman–Crippen LogP) is 1.94. The third-order valence-electron chi connectivity index (χ3n) is 4.14. The lowest BCUT2D eigenvalue weighted by Gasteiger charge is -2.35. The van der Waals surface area contributed by atoms with Gasteiger partial charge in [0, 0.05) is 32.7 Å². The first-order chi connectivity index (χ1) is 11.6. The van der Waals surface area contributed by atoms with Crippen molar-refractivity contribution in [3.63, 3.8) is 0 Å². The van der Waals surface area contributed by atoms with Crippen LogP contribution in [0.25, 0.3) is 0 Å². The Morgan fingerprint density at radius 2 is 2.04 bits per heavy atom. The summed E-state index contributed by atoms with van der Waals surface area (Å²) in [6, 6.07) is 7.12. The summed E-state index contributed by atoms with van der Waals surface area (Å²) in [6.07, 6.45) is 2.77. The van der Waals surface area contributed by atoms with Crippen molar-refractivity contribution in [2.24, 2.45) is 5.73 Å². The molecule has 2 rings (SSSR count). The van der Waals surface area contributed by atoms with E-state index in [1.807, 2.05) is 35.4 Å². The van der Waals surface area contributed by atoms with Gasteiger partial charge in [0.2, 0.25) is 5.91 Å². The van der Waals surface area contributed by atoms with Gasteiger partial charge in [-0.15, -0.1) is 0 Å². The number of hydrogen-bond donors (Lipinski definition) is 1. The highest BCUT2D eigenvalue weighted by atomic mass is 35.5. The van der Waals surface area contributed by atoms with Gasteiger partial charge in [-0.3, -0.25) is 9.69 Å². The second-order valence-corrected chi connectivity index (χ2v) is 7.23. The first-order valence-corrected chi connectivity index (χ1v) is 10.0.